The van der Waals surface area contributed by atoms with E-state index in [2.05, 4.69) is 29.2 Å². The molecule has 2 aromatic carbocycles. The molecular formula is C25H36N2O2. The Labute approximate surface area is 175 Å². The largest absolute Gasteiger partial charge is 0.497 e. The first-order valence-electron chi connectivity index (χ1n) is 11.2. The van der Waals surface area contributed by atoms with Gasteiger partial charge in [-0.2, -0.15) is 0 Å². The van der Waals surface area contributed by atoms with E-state index in [4.69, 9.17) is 10.1 Å². The van der Waals surface area contributed by atoms with Crippen molar-refractivity contribution in [3.63, 3.8) is 0 Å². The Morgan fingerprint density at radius 2 is 1.79 bits per heavy atom. The lowest BCUT2D eigenvalue weighted by molar-refractivity contribution is 0.0474. The molecule has 158 valence electrons. The Bertz CT molecular complexity index is 820. The van der Waals surface area contributed by atoms with E-state index < -0.39 is 0 Å². The van der Waals surface area contributed by atoms with Crippen LogP contribution in [0.1, 0.15) is 57.9 Å². The van der Waals surface area contributed by atoms with Crippen molar-refractivity contribution in [3.8, 4) is 5.75 Å². The summed E-state index contributed by atoms with van der Waals surface area (Å²) in [5, 5.41) is 21.1. The maximum absolute atomic E-state index is 10.0. The second-order valence-corrected chi connectivity index (χ2v) is 8.15. The van der Waals surface area contributed by atoms with Crippen molar-refractivity contribution in [3.05, 3.63) is 42.0 Å². The molecule has 1 saturated heterocycles. The average molecular weight is 397 g/mol. The molecule has 1 saturated carbocycles. The highest BCUT2D eigenvalue weighted by molar-refractivity contribution is 6.03. The topological polar surface area (TPSA) is 56.5 Å². The number of aliphatic hydroxyl groups is 1. The second-order valence-electron chi connectivity index (χ2n) is 8.15. The lowest BCUT2D eigenvalue weighted by Gasteiger charge is -2.41. The van der Waals surface area contributed by atoms with Gasteiger partial charge in [0, 0.05) is 24.2 Å². The first kappa shape index (κ1) is 21.8. The molecule has 0 spiro atoms. The summed E-state index contributed by atoms with van der Waals surface area (Å²) in [6.45, 7) is 6.07. The smallest absolute Gasteiger partial charge is 0.119 e. The van der Waals surface area contributed by atoms with Gasteiger partial charge in [0.15, 0.2) is 0 Å². The highest BCUT2D eigenvalue weighted by Gasteiger charge is 2.31. The van der Waals surface area contributed by atoms with E-state index in [0.29, 0.717) is 6.04 Å². The summed E-state index contributed by atoms with van der Waals surface area (Å²) in [6, 6.07) is 12.9. The van der Waals surface area contributed by atoms with Crippen LogP contribution in [-0.2, 0) is 0 Å². The quantitative estimate of drug-likeness (QED) is 0.693. The molecule has 4 heteroatoms. The van der Waals surface area contributed by atoms with Crippen LogP contribution < -0.4 is 4.74 Å². The number of piperidine rings is 1. The molecule has 29 heavy (non-hydrogen) atoms. The number of ether oxygens (including phenoxy) is 1. The van der Waals surface area contributed by atoms with Gasteiger partial charge in [0.2, 0.25) is 0 Å². The summed E-state index contributed by atoms with van der Waals surface area (Å²) in [5.74, 6) is 1.15. The number of fused-ring (bicyclic) bond motifs is 1. The number of methoxy groups -OCH3 is 1. The zero-order chi connectivity index (χ0) is 20.8. The van der Waals surface area contributed by atoms with Crippen LogP contribution in [0.4, 0.5) is 0 Å². The zero-order valence-corrected chi connectivity index (χ0v) is 18.2. The van der Waals surface area contributed by atoms with Crippen molar-refractivity contribution in [2.75, 3.05) is 20.2 Å². The third kappa shape index (κ3) is 5.18. The molecular weight excluding hydrogens is 360 g/mol. The van der Waals surface area contributed by atoms with Gasteiger partial charge < -0.3 is 15.3 Å². The summed E-state index contributed by atoms with van der Waals surface area (Å²) in [6.07, 6.45) is 6.26. The third-order valence-electron chi connectivity index (χ3n) is 6.35. The number of hydrogen-bond donors (Lipinski definition) is 2. The number of hydrogen-bond acceptors (Lipinski definition) is 4. The summed E-state index contributed by atoms with van der Waals surface area (Å²) >= 11 is 0. The van der Waals surface area contributed by atoms with E-state index in [9.17, 15) is 5.11 Å². The molecule has 0 amide bonds. The lowest BCUT2D eigenvalue weighted by atomic mass is 9.85. The van der Waals surface area contributed by atoms with Gasteiger partial charge in [-0.25, -0.2) is 0 Å². The van der Waals surface area contributed by atoms with Crippen molar-refractivity contribution < 1.29 is 9.84 Å². The molecule has 0 aromatic heterocycles. The fourth-order valence-corrected chi connectivity index (χ4v) is 4.80. The molecule has 1 heterocycles. The van der Waals surface area contributed by atoms with E-state index >= 15 is 0 Å². The van der Waals surface area contributed by atoms with E-state index in [1.165, 1.54) is 6.42 Å². The van der Waals surface area contributed by atoms with Gasteiger partial charge in [-0.15, -0.1) is 0 Å². The molecule has 2 fully saturated rings. The van der Waals surface area contributed by atoms with Crippen molar-refractivity contribution in [2.45, 2.75) is 64.5 Å². The van der Waals surface area contributed by atoms with Gasteiger partial charge in [-0.3, -0.25) is 4.90 Å². The van der Waals surface area contributed by atoms with E-state index in [-0.39, 0.29) is 12.0 Å². The van der Waals surface area contributed by atoms with Gasteiger partial charge in [-0.1, -0.05) is 32.0 Å². The Kier molecular flexibility index (Phi) is 7.68. The zero-order valence-electron chi connectivity index (χ0n) is 18.2. The van der Waals surface area contributed by atoms with E-state index in [1.807, 2.05) is 26.0 Å². The van der Waals surface area contributed by atoms with Gasteiger partial charge in [0.05, 0.1) is 13.2 Å². The van der Waals surface area contributed by atoms with Gasteiger partial charge >= 0.3 is 0 Å². The first-order chi connectivity index (χ1) is 14.1. The minimum atomic E-state index is -0.138. The molecule has 0 radical (unpaired) electrons. The van der Waals surface area contributed by atoms with Gasteiger partial charge in [-0.05, 0) is 79.6 Å². The van der Waals surface area contributed by atoms with Crippen molar-refractivity contribution in [1.82, 2.24) is 4.90 Å². The normalized spacial score (nSPS) is 25.2. The number of nitrogens with zero attached hydrogens (tertiary/aromatic N) is 1. The SMILES string of the molecule is CC.COc1ccc2cc(C(=N)C3CCCN(C4CCCC(O)C4)C3)ccc2c1. The number of rotatable bonds is 4. The number of likely N-dealkylation sites (tertiary alicyclic amines) is 1. The van der Waals surface area contributed by atoms with Gasteiger partial charge in [0.1, 0.15) is 5.75 Å². The lowest BCUT2D eigenvalue weighted by Crippen LogP contribution is -2.47. The molecule has 2 aliphatic rings. The standard InChI is InChI=1S/C23H30N2O2.C2H6/c1-27-22-10-9-16-12-18(8-7-17(16)13-22)23(24)19-4-3-11-25(15-19)20-5-2-6-21(26)14-20;1-2/h7-10,12-13,19-21,24,26H,2-6,11,14-15H2,1H3;1-2H3. The summed E-state index contributed by atoms with van der Waals surface area (Å²) in [5.41, 5.74) is 1.79. The van der Waals surface area contributed by atoms with Crippen LogP contribution in [0.5, 0.6) is 5.75 Å². The van der Waals surface area contributed by atoms with Crippen LogP contribution in [-0.4, -0.2) is 48.1 Å². The fourth-order valence-electron chi connectivity index (χ4n) is 4.80. The Balaban J connectivity index is 0.00000117. The third-order valence-corrected chi connectivity index (χ3v) is 6.35. The van der Waals surface area contributed by atoms with Crippen LogP contribution >= 0.6 is 0 Å². The molecule has 1 aliphatic heterocycles. The summed E-state index contributed by atoms with van der Waals surface area (Å²) < 4.78 is 5.31. The molecule has 2 aromatic rings. The van der Waals surface area contributed by atoms with Crippen LogP contribution in [0.3, 0.4) is 0 Å². The number of benzene rings is 2. The Morgan fingerprint density at radius 3 is 2.55 bits per heavy atom. The van der Waals surface area contributed by atoms with E-state index in [1.54, 1.807) is 7.11 Å². The molecule has 0 bridgehead atoms. The fraction of sp³-hybridized carbons (Fsp3) is 0.560. The molecule has 3 atom stereocenters. The highest BCUT2D eigenvalue weighted by Crippen LogP contribution is 2.30. The molecule has 3 unspecified atom stereocenters. The first-order valence-corrected chi connectivity index (χ1v) is 11.2. The van der Waals surface area contributed by atoms with Crippen LogP contribution in [0.15, 0.2) is 36.4 Å². The summed E-state index contributed by atoms with van der Waals surface area (Å²) in [4.78, 5) is 2.54. The second kappa shape index (κ2) is 10.2. The van der Waals surface area contributed by atoms with Crippen molar-refractivity contribution in [2.24, 2.45) is 5.92 Å². The molecule has 4 nitrogen and oxygen atoms in total. The average Bonchev–Trinajstić information content (AvgIpc) is 2.79. The van der Waals surface area contributed by atoms with Crippen molar-refractivity contribution in [1.29, 1.82) is 5.41 Å². The van der Waals surface area contributed by atoms with Crippen LogP contribution in [0, 0.1) is 11.3 Å². The minimum absolute atomic E-state index is 0.138. The highest BCUT2D eigenvalue weighted by atomic mass is 16.5. The van der Waals surface area contributed by atoms with Gasteiger partial charge in [0.25, 0.3) is 0 Å². The number of aliphatic hydroxyl groups excluding tert-OH is 1. The van der Waals surface area contributed by atoms with E-state index in [0.717, 1.165) is 73.0 Å². The minimum Gasteiger partial charge on any atom is -0.497 e. The summed E-state index contributed by atoms with van der Waals surface area (Å²) in [7, 11) is 1.69. The molecule has 2 N–H and O–H groups in total. The van der Waals surface area contributed by atoms with Crippen molar-refractivity contribution >= 4 is 16.5 Å². The molecule has 1 aliphatic carbocycles. The molecule has 4 rings (SSSR count). The predicted octanol–water partition coefficient (Wildman–Crippen LogP) is 5.26. The monoisotopic (exact) mass is 396 g/mol. The number of nitrogens with one attached hydrogen (secondary N) is 1. The maximum Gasteiger partial charge on any atom is 0.119 e. The van der Waals surface area contributed by atoms with Crippen LogP contribution in [0.25, 0.3) is 10.8 Å². The Morgan fingerprint density at radius 1 is 1.03 bits per heavy atom. The maximum atomic E-state index is 10.0. The van der Waals surface area contributed by atoms with Crippen LogP contribution in [0.2, 0.25) is 0 Å². The Hall–Kier alpha value is -1.91. The predicted molar refractivity (Wildman–Crippen MR) is 121 cm³/mol.